The van der Waals surface area contributed by atoms with E-state index in [0.717, 1.165) is 31.2 Å². The average Bonchev–Trinajstić information content (AvgIpc) is 2.51. The molecule has 0 radical (unpaired) electrons. The van der Waals surface area contributed by atoms with Crippen LogP contribution in [0, 0.1) is 28.6 Å². The molecule has 0 bridgehead atoms. The van der Waals surface area contributed by atoms with Crippen molar-refractivity contribution in [2.75, 3.05) is 0 Å². The molecule has 0 amide bonds. The van der Waals surface area contributed by atoms with Gasteiger partial charge in [0.25, 0.3) is 0 Å². The molecule has 0 aliphatic heterocycles. The molecule has 1 atom stereocenters. The van der Waals surface area contributed by atoms with E-state index >= 15 is 0 Å². The smallest absolute Gasteiger partial charge is 0.140 e. The number of allylic oxidation sites excluding steroid dienone is 2. The Morgan fingerprint density at radius 3 is 2.30 bits per heavy atom. The Morgan fingerprint density at radius 2 is 1.80 bits per heavy atom. The summed E-state index contributed by atoms with van der Waals surface area (Å²) in [4.78, 5) is 0. The molecule has 0 fully saturated rings. The van der Waals surface area contributed by atoms with E-state index in [9.17, 15) is 10.5 Å². The summed E-state index contributed by atoms with van der Waals surface area (Å²) in [7, 11) is 0. The van der Waals surface area contributed by atoms with Gasteiger partial charge in [-0.3, -0.25) is 0 Å². The van der Waals surface area contributed by atoms with Crippen LogP contribution < -0.4 is 0 Å². The lowest BCUT2D eigenvalue weighted by Crippen LogP contribution is -2.10. The Kier molecular flexibility index (Phi) is 7.15. The summed E-state index contributed by atoms with van der Waals surface area (Å²) < 4.78 is 0. The minimum Gasteiger partial charge on any atom is -0.197 e. The third-order valence-electron chi connectivity index (χ3n) is 3.63. The van der Waals surface area contributed by atoms with Crippen molar-refractivity contribution >= 4 is 0 Å². The predicted molar refractivity (Wildman–Crippen MR) is 81.8 cm³/mol. The van der Waals surface area contributed by atoms with Gasteiger partial charge >= 0.3 is 0 Å². The number of nitriles is 2. The van der Waals surface area contributed by atoms with E-state index in [-0.39, 0.29) is 5.92 Å². The first-order valence-electron chi connectivity index (χ1n) is 7.28. The zero-order chi connectivity index (χ0) is 14.8. The molecule has 2 heteroatoms. The number of rotatable bonds is 7. The maximum absolute atomic E-state index is 9.20. The van der Waals surface area contributed by atoms with Crippen LogP contribution in [-0.2, 0) is 0 Å². The van der Waals surface area contributed by atoms with Gasteiger partial charge in [0.2, 0.25) is 0 Å². The number of benzene rings is 1. The van der Waals surface area contributed by atoms with Crippen molar-refractivity contribution in [2.24, 2.45) is 5.92 Å². The first-order valence-corrected chi connectivity index (χ1v) is 7.28. The van der Waals surface area contributed by atoms with Gasteiger partial charge < -0.3 is 0 Å². The molecule has 0 spiro atoms. The van der Waals surface area contributed by atoms with Crippen LogP contribution in [0.2, 0.25) is 0 Å². The quantitative estimate of drug-likeness (QED) is 0.655. The number of hydrogen-bond acceptors (Lipinski definition) is 2. The zero-order valence-electron chi connectivity index (χ0n) is 12.3. The fourth-order valence-electron chi connectivity index (χ4n) is 2.49. The fourth-order valence-corrected chi connectivity index (χ4v) is 2.49. The molecule has 0 saturated heterocycles. The largest absolute Gasteiger partial charge is 0.197 e. The standard InChI is InChI=1S/C18H22N2/c1-3-8-15(4-2)11-12-18(17(13-19)14-20)16-9-6-5-7-10-16/h5-10,17-18H,3-4,11-12H2,1-2H3/b15-8+. The Morgan fingerprint density at radius 1 is 1.15 bits per heavy atom. The van der Waals surface area contributed by atoms with Crippen molar-refractivity contribution in [1.82, 2.24) is 0 Å². The predicted octanol–water partition coefficient (Wildman–Crippen LogP) is 4.96. The minimum atomic E-state index is -0.572. The second-order valence-electron chi connectivity index (χ2n) is 4.92. The summed E-state index contributed by atoms with van der Waals surface area (Å²) in [6, 6.07) is 14.2. The van der Waals surface area contributed by atoms with Gasteiger partial charge in [0.1, 0.15) is 5.92 Å². The molecule has 0 aliphatic carbocycles. The van der Waals surface area contributed by atoms with Crippen molar-refractivity contribution in [3.8, 4) is 12.1 Å². The molecule has 0 aliphatic rings. The molecular formula is C18H22N2. The molecule has 1 rings (SSSR count). The van der Waals surface area contributed by atoms with E-state index in [1.54, 1.807) is 0 Å². The third kappa shape index (κ3) is 4.56. The summed E-state index contributed by atoms with van der Waals surface area (Å²) in [5.41, 5.74) is 2.51. The first kappa shape index (κ1) is 16.0. The van der Waals surface area contributed by atoms with Crippen molar-refractivity contribution in [1.29, 1.82) is 10.5 Å². The topological polar surface area (TPSA) is 47.6 Å². The van der Waals surface area contributed by atoms with Crippen molar-refractivity contribution in [3.05, 3.63) is 47.5 Å². The van der Waals surface area contributed by atoms with Crippen LogP contribution in [0.5, 0.6) is 0 Å². The van der Waals surface area contributed by atoms with Crippen molar-refractivity contribution < 1.29 is 0 Å². The molecule has 20 heavy (non-hydrogen) atoms. The van der Waals surface area contributed by atoms with Crippen LogP contribution in [0.1, 0.15) is 51.0 Å². The van der Waals surface area contributed by atoms with Crippen LogP contribution in [-0.4, -0.2) is 0 Å². The molecule has 0 heterocycles. The Bertz CT molecular complexity index is 488. The van der Waals surface area contributed by atoms with E-state index in [2.05, 4.69) is 32.1 Å². The highest BCUT2D eigenvalue weighted by Crippen LogP contribution is 2.30. The second kappa shape index (κ2) is 8.94. The van der Waals surface area contributed by atoms with Gasteiger partial charge in [-0.2, -0.15) is 10.5 Å². The van der Waals surface area contributed by atoms with Crippen LogP contribution in [0.25, 0.3) is 0 Å². The van der Waals surface area contributed by atoms with Gasteiger partial charge in [-0.15, -0.1) is 0 Å². The molecule has 104 valence electrons. The minimum absolute atomic E-state index is 0.00185. The summed E-state index contributed by atoms with van der Waals surface area (Å²) in [6.45, 7) is 4.29. The zero-order valence-corrected chi connectivity index (χ0v) is 12.3. The van der Waals surface area contributed by atoms with Gasteiger partial charge in [-0.1, -0.05) is 55.8 Å². The van der Waals surface area contributed by atoms with Gasteiger partial charge in [-0.25, -0.2) is 0 Å². The maximum Gasteiger partial charge on any atom is 0.140 e. The average molecular weight is 266 g/mol. The molecule has 0 aromatic heterocycles. The van der Waals surface area contributed by atoms with E-state index in [1.165, 1.54) is 5.57 Å². The van der Waals surface area contributed by atoms with E-state index in [4.69, 9.17) is 0 Å². The van der Waals surface area contributed by atoms with Gasteiger partial charge in [0.05, 0.1) is 12.1 Å². The van der Waals surface area contributed by atoms with Gasteiger partial charge in [0.15, 0.2) is 0 Å². The lowest BCUT2D eigenvalue weighted by atomic mass is 9.83. The van der Waals surface area contributed by atoms with Gasteiger partial charge in [0, 0.05) is 5.92 Å². The molecule has 1 unspecified atom stereocenters. The number of nitrogens with zero attached hydrogens (tertiary/aromatic N) is 2. The van der Waals surface area contributed by atoms with E-state index < -0.39 is 5.92 Å². The summed E-state index contributed by atoms with van der Waals surface area (Å²) in [5, 5.41) is 18.4. The van der Waals surface area contributed by atoms with Crippen LogP contribution in [0.3, 0.4) is 0 Å². The fraction of sp³-hybridized carbons (Fsp3) is 0.444. The van der Waals surface area contributed by atoms with Crippen LogP contribution in [0.4, 0.5) is 0 Å². The summed E-state index contributed by atoms with van der Waals surface area (Å²) in [5.74, 6) is -0.574. The van der Waals surface area contributed by atoms with Gasteiger partial charge in [-0.05, 0) is 31.2 Å². The first-order chi connectivity index (χ1) is 9.76. The molecule has 0 N–H and O–H groups in total. The highest BCUT2D eigenvalue weighted by molar-refractivity contribution is 5.25. The monoisotopic (exact) mass is 266 g/mol. The molecule has 2 nitrogen and oxygen atoms in total. The van der Waals surface area contributed by atoms with Crippen LogP contribution in [0.15, 0.2) is 42.0 Å². The molecular weight excluding hydrogens is 244 g/mol. The van der Waals surface area contributed by atoms with E-state index in [1.807, 2.05) is 30.3 Å². The SMILES string of the molecule is CC/C=C(\CC)CCC(c1ccccc1)C(C#N)C#N. The lowest BCUT2D eigenvalue weighted by molar-refractivity contribution is 0.557. The highest BCUT2D eigenvalue weighted by Gasteiger charge is 2.22. The maximum atomic E-state index is 9.20. The molecule has 1 aromatic rings. The normalized spacial score (nSPS) is 12.8. The Labute approximate surface area is 122 Å². The van der Waals surface area contributed by atoms with E-state index in [0.29, 0.717) is 0 Å². The van der Waals surface area contributed by atoms with Crippen LogP contribution >= 0.6 is 0 Å². The highest BCUT2D eigenvalue weighted by atomic mass is 14.4. The Balaban J connectivity index is 2.88. The lowest BCUT2D eigenvalue weighted by Gasteiger charge is -2.18. The molecule has 0 saturated carbocycles. The summed E-state index contributed by atoms with van der Waals surface area (Å²) >= 11 is 0. The Hall–Kier alpha value is -2.06. The summed E-state index contributed by atoms with van der Waals surface area (Å²) in [6.07, 6.45) is 6.16. The van der Waals surface area contributed by atoms with Crippen molar-refractivity contribution in [2.45, 2.75) is 45.4 Å². The second-order valence-corrected chi connectivity index (χ2v) is 4.92. The number of hydrogen-bond donors (Lipinski definition) is 0. The third-order valence-corrected chi connectivity index (χ3v) is 3.63. The van der Waals surface area contributed by atoms with Crippen molar-refractivity contribution in [3.63, 3.8) is 0 Å². The molecule has 1 aromatic carbocycles.